The molecule has 0 aliphatic heterocycles. The van der Waals surface area contributed by atoms with Crippen LogP contribution in [-0.2, 0) is 5.75 Å². The summed E-state index contributed by atoms with van der Waals surface area (Å²) in [4.78, 5) is 13.5. The normalized spacial score (nSPS) is 14.8. The zero-order chi connectivity index (χ0) is 15.4. The Morgan fingerprint density at radius 3 is 2.70 bits per heavy atom. The molecule has 1 amide bonds. The van der Waals surface area contributed by atoms with Gasteiger partial charge in [0.1, 0.15) is 0 Å². The van der Waals surface area contributed by atoms with E-state index in [0.717, 1.165) is 18.4 Å². The number of carbonyl (C=O) groups excluding carboxylic acids is 1. The SMILES string of the molecule is Cl.NCC(NC(=O)c1occc1CSc1ccccc1)C1CC1. The smallest absolute Gasteiger partial charge is 0.287 e. The molecule has 23 heavy (non-hydrogen) atoms. The number of nitrogens with one attached hydrogen (secondary N) is 1. The first kappa shape index (κ1) is 17.9. The van der Waals surface area contributed by atoms with Crippen molar-refractivity contribution in [3.05, 3.63) is 54.0 Å². The van der Waals surface area contributed by atoms with Gasteiger partial charge in [0, 0.05) is 28.8 Å². The minimum Gasteiger partial charge on any atom is -0.459 e. The number of rotatable bonds is 7. The van der Waals surface area contributed by atoms with Gasteiger partial charge in [-0.2, -0.15) is 0 Å². The van der Waals surface area contributed by atoms with E-state index in [2.05, 4.69) is 17.4 Å². The fourth-order valence-electron chi connectivity index (χ4n) is 2.43. The Bertz CT molecular complexity index is 629. The molecule has 6 heteroatoms. The van der Waals surface area contributed by atoms with E-state index in [9.17, 15) is 4.79 Å². The molecule has 124 valence electrons. The fraction of sp³-hybridized carbons (Fsp3) is 0.353. The van der Waals surface area contributed by atoms with E-state index in [1.807, 2.05) is 24.3 Å². The molecule has 3 rings (SSSR count). The minimum absolute atomic E-state index is 0. The molecule has 1 aromatic heterocycles. The van der Waals surface area contributed by atoms with Gasteiger partial charge < -0.3 is 15.5 Å². The Morgan fingerprint density at radius 2 is 2.04 bits per heavy atom. The largest absolute Gasteiger partial charge is 0.459 e. The van der Waals surface area contributed by atoms with E-state index in [1.54, 1.807) is 18.0 Å². The van der Waals surface area contributed by atoms with Crippen molar-refractivity contribution >= 4 is 30.1 Å². The number of amides is 1. The predicted octanol–water partition coefficient (Wildman–Crippen LogP) is 3.46. The summed E-state index contributed by atoms with van der Waals surface area (Å²) in [5.74, 6) is 1.49. The molecule has 3 N–H and O–H groups in total. The van der Waals surface area contributed by atoms with Gasteiger partial charge in [0.15, 0.2) is 5.76 Å². The molecule has 0 saturated heterocycles. The summed E-state index contributed by atoms with van der Waals surface area (Å²) in [6, 6.07) is 12.0. The van der Waals surface area contributed by atoms with Crippen LogP contribution < -0.4 is 11.1 Å². The molecule has 4 nitrogen and oxygen atoms in total. The molecule has 1 heterocycles. The van der Waals surface area contributed by atoms with Crippen LogP contribution in [0.2, 0.25) is 0 Å². The average Bonchev–Trinajstić information content (AvgIpc) is 3.28. The van der Waals surface area contributed by atoms with Crippen LogP contribution in [0.1, 0.15) is 29.0 Å². The van der Waals surface area contributed by atoms with Gasteiger partial charge >= 0.3 is 0 Å². The highest BCUT2D eigenvalue weighted by Gasteiger charge is 2.32. The van der Waals surface area contributed by atoms with Crippen LogP contribution in [0.25, 0.3) is 0 Å². The van der Waals surface area contributed by atoms with Crippen molar-refractivity contribution in [2.75, 3.05) is 6.54 Å². The monoisotopic (exact) mass is 352 g/mol. The maximum absolute atomic E-state index is 12.4. The van der Waals surface area contributed by atoms with E-state index in [0.29, 0.717) is 24.0 Å². The average molecular weight is 353 g/mol. The van der Waals surface area contributed by atoms with Crippen LogP contribution >= 0.6 is 24.2 Å². The van der Waals surface area contributed by atoms with E-state index >= 15 is 0 Å². The van der Waals surface area contributed by atoms with Gasteiger partial charge in [-0.3, -0.25) is 4.79 Å². The maximum Gasteiger partial charge on any atom is 0.287 e. The second-order valence-electron chi connectivity index (χ2n) is 5.53. The topological polar surface area (TPSA) is 68.3 Å². The van der Waals surface area contributed by atoms with Crippen molar-refractivity contribution < 1.29 is 9.21 Å². The molecule has 1 fully saturated rings. The lowest BCUT2D eigenvalue weighted by Crippen LogP contribution is -2.41. The van der Waals surface area contributed by atoms with Gasteiger partial charge in [-0.1, -0.05) is 18.2 Å². The molecular weight excluding hydrogens is 332 g/mol. The first-order chi connectivity index (χ1) is 10.8. The lowest BCUT2D eigenvalue weighted by molar-refractivity contribution is 0.0904. The molecule has 1 atom stereocenters. The first-order valence-corrected chi connectivity index (χ1v) is 8.51. The number of furan rings is 1. The van der Waals surface area contributed by atoms with Gasteiger partial charge in [-0.05, 0) is 37.0 Å². The molecule has 1 aliphatic rings. The zero-order valence-corrected chi connectivity index (χ0v) is 14.4. The molecule has 0 spiro atoms. The number of benzene rings is 1. The van der Waals surface area contributed by atoms with E-state index in [4.69, 9.17) is 10.2 Å². The van der Waals surface area contributed by atoms with Crippen LogP contribution in [0, 0.1) is 5.92 Å². The molecule has 1 aromatic carbocycles. The highest BCUT2D eigenvalue weighted by molar-refractivity contribution is 7.98. The van der Waals surface area contributed by atoms with Crippen molar-refractivity contribution in [2.24, 2.45) is 11.7 Å². The highest BCUT2D eigenvalue weighted by atomic mass is 35.5. The fourth-order valence-corrected chi connectivity index (χ4v) is 3.33. The number of hydrogen-bond acceptors (Lipinski definition) is 4. The van der Waals surface area contributed by atoms with Crippen molar-refractivity contribution in [1.29, 1.82) is 0 Å². The summed E-state index contributed by atoms with van der Waals surface area (Å²) in [5, 5.41) is 3.00. The quantitative estimate of drug-likeness (QED) is 0.749. The van der Waals surface area contributed by atoms with Crippen molar-refractivity contribution in [1.82, 2.24) is 5.32 Å². The van der Waals surface area contributed by atoms with Crippen molar-refractivity contribution in [3.8, 4) is 0 Å². The highest BCUT2D eigenvalue weighted by Crippen LogP contribution is 2.32. The first-order valence-electron chi connectivity index (χ1n) is 7.53. The maximum atomic E-state index is 12.4. The third-order valence-electron chi connectivity index (χ3n) is 3.85. The Hall–Kier alpha value is -1.43. The van der Waals surface area contributed by atoms with Crippen LogP contribution in [0.4, 0.5) is 0 Å². The van der Waals surface area contributed by atoms with E-state index < -0.39 is 0 Å². The number of hydrogen-bond donors (Lipinski definition) is 2. The summed E-state index contributed by atoms with van der Waals surface area (Å²) in [5.41, 5.74) is 6.65. The number of thioether (sulfide) groups is 1. The molecule has 1 aliphatic carbocycles. The van der Waals surface area contributed by atoms with Crippen molar-refractivity contribution in [3.63, 3.8) is 0 Å². The van der Waals surface area contributed by atoms with Gasteiger partial charge in [0.2, 0.25) is 0 Å². The third-order valence-corrected chi connectivity index (χ3v) is 4.91. The van der Waals surface area contributed by atoms with Gasteiger partial charge in [-0.15, -0.1) is 24.2 Å². The van der Waals surface area contributed by atoms with Gasteiger partial charge in [0.25, 0.3) is 5.91 Å². The molecule has 1 unspecified atom stereocenters. The number of nitrogens with two attached hydrogens (primary N) is 1. The Balaban J connectivity index is 0.00000192. The Labute approximate surface area is 146 Å². The molecule has 0 bridgehead atoms. The van der Waals surface area contributed by atoms with Crippen LogP contribution in [0.15, 0.2) is 52.0 Å². The lowest BCUT2D eigenvalue weighted by atomic mass is 10.1. The third kappa shape index (κ3) is 4.77. The van der Waals surface area contributed by atoms with Crippen LogP contribution in [0.5, 0.6) is 0 Å². The summed E-state index contributed by atoms with van der Waals surface area (Å²) in [7, 11) is 0. The molecule has 2 aromatic rings. The lowest BCUT2D eigenvalue weighted by Gasteiger charge is -2.15. The second kappa shape index (κ2) is 8.43. The van der Waals surface area contributed by atoms with E-state index in [1.165, 1.54) is 4.90 Å². The van der Waals surface area contributed by atoms with Gasteiger partial charge in [0.05, 0.1) is 6.26 Å². The van der Waals surface area contributed by atoms with Crippen molar-refractivity contribution in [2.45, 2.75) is 29.5 Å². The van der Waals surface area contributed by atoms with E-state index in [-0.39, 0.29) is 24.4 Å². The summed E-state index contributed by atoms with van der Waals surface area (Å²) in [6.07, 6.45) is 3.87. The number of carbonyl (C=O) groups is 1. The number of halogens is 1. The Morgan fingerprint density at radius 1 is 1.30 bits per heavy atom. The summed E-state index contributed by atoms with van der Waals surface area (Å²) in [6.45, 7) is 0.477. The second-order valence-corrected chi connectivity index (χ2v) is 6.58. The molecular formula is C17H21ClN2O2S. The van der Waals surface area contributed by atoms with Crippen LogP contribution in [0.3, 0.4) is 0 Å². The minimum atomic E-state index is -0.156. The molecule has 1 saturated carbocycles. The van der Waals surface area contributed by atoms with Gasteiger partial charge in [-0.25, -0.2) is 0 Å². The zero-order valence-electron chi connectivity index (χ0n) is 12.7. The standard InChI is InChI=1S/C17H20N2O2S.ClH/c18-10-15(12-6-7-12)19-17(20)16-13(8-9-21-16)11-22-14-4-2-1-3-5-14;/h1-5,8-9,12,15H,6-7,10-11,18H2,(H,19,20);1H. The molecule has 0 radical (unpaired) electrons. The predicted molar refractivity (Wildman–Crippen MR) is 95.0 cm³/mol. The summed E-state index contributed by atoms with van der Waals surface area (Å²) < 4.78 is 5.39. The summed E-state index contributed by atoms with van der Waals surface area (Å²) >= 11 is 1.69. The Kier molecular flexibility index (Phi) is 6.57. The van der Waals surface area contributed by atoms with Crippen LogP contribution in [-0.4, -0.2) is 18.5 Å².